The second-order valence-electron chi connectivity index (χ2n) is 9.93. The first-order valence-electron chi connectivity index (χ1n) is 12.2. The van der Waals surface area contributed by atoms with Gasteiger partial charge in [-0.05, 0) is 71.9 Å². The smallest absolute Gasteiger partial charge is 0.174 e. The molecule has 2 aromatic carbocycles. The maximum Gasteiger partial charge on any atom is 0.174 e. The Morgan fingerprint density at radius 3 is 2.19 bits per heavy atom. The molecular formula is C30H36O6. The molecule has 3 rings (SSSR count). The lowest BCUT2D eigenvalue weighted by molar-refractivity contribution is 0.0839. The summed E-state index contributed by atoms with van der Waals surface area (Å²) in [4.78, 5) is 13.0. The van der Waals surface area contributed by atoms with E-state index in [9.17, 15) is 25.2 Å². The van der Waals surface area contributed by atoms with Crippen molar-refractivity contribution in [2.75, 3.05) is 0 Å². The van der Waals surface area contributed by atoms with Crippen LogP contribution in [0.4, 0.5) is 0 Å². The van der Waals surface area contributed by atoms with Gasteiger partial charge >= 0.3 is 0 Å². The normalized spacial score (nSPS) is 15.2. The molecule has 6 heteroatoms. The van der Waals surface area contributed by atoms with Crippen molar-refractivity contribution < 1.29 is 30.0 Å². The average Bonchev–Trinajstić information content (AvgIpc) is 2.77. The lowest BCUT2D eigenvalue weighted by Crippen LogP contribution is -2.22. The number of hydrogen-bond acceptors (Lipinski definition) is 6. The molecule has 0 aromatic heterocycles. The quantitative estimate of drug-likeness (QED) is 0.297. The Bertz CT molecular complexity index is 1240. The van der Waals surface area contributed by atoms with Crippen LogP contribution in [0.25, 0.3) is 0 Å². The predicted octanol–water partition coefficient (Wildman–Crippen LogP) is 6.96. The van der Waals surface area contributed by atoms with E-state index in [1.165, 1.54) is 17.2 Å². The fourth-order valence-corrected chi connectivity index (χ4v) is 4.24. The summed E-state index contributed by atoms with van der Waals surface area (Å²) in [5.74, 6) is -0.946. The van der Waals surface area contributed by atoms with Crippen LogP contribution in [0, 0.1) is 0 Å². The van der Waals surface area contributed by atoms with Crippen molar-refractivity contribution in [3.05, 3.63) is 75.4 Å². The number of aromatic hydroxyl groups is 4. The summed E-state index contributed by atoms with van der Waals surface area (Å²) in [5, 5.41) is 41.9. The van der Waals surface area contributed by atoms with Crippen LogP contribution in [-0.4, -0.2) is 26.2 Å². The van der Waals surface area contributed by atoms with E-state index in [1.54, 1.807) is 6.07 Å². The molecule has 1 aliphatic rings. The molecule has 1 aliphatic heterocycles. The second kappa shape index (κ2) is 11.4. The highest BCUT2D eigenvalue weighted by Crippen LogP contribution is 2.47. The molecule has 6 nitrogen and oxygen atoms in total. The van der Waals surface area contributed by atoms with Crippen molar-refractivity contribution in [1.29, 1.82) is 0 Å². The van der Waals surface area contributed by atoms with Gasteiger partial charge in [-0.1, -0.05) is 34.9 Å². The van der Waals surface area contributed by atoms with E-state index < -0.39 is 6.10 Å². The molecule has 1 unspecified atom stereocenters. The van der Waals surface area contributed by atoms with Crippen LogP contribution < -0.4 is 4.74 Å². The number of benzene rings is 2. The minimum atomic E-state index is -0.834. The first kappa shape index (κ1) is 26.9. The highest BCUT2D eigenvalue weighted by Gasteiger charge is 2.34. The summed E-state index contributed by atoms with van der Waals surface area (Å²) in [6.45, 7) is 10.0. The molecule has 0 spiro atoms. The fraction of sp³-hybridized carbons (Fsp3) is 0.367. The van der Waals surface area contributed by atoms with Crippen LogP contribution in [0.2, 0.25) is 0 Å². The van der Waals surface area contributed by atoms with Gasteiger partial charge in [0.1, 0.15) is 40.4 Å². The molecule has 4 N–H and O–H groups in total. The van der Waals surface area contributed by atoms with Gasteiger partial charge in [0.05, 0.1) is 6.42 Å². The predicted molar refractivity (Wildman–Crippen MR) is 141 cm³/mol. The van der Waals surface area contributed by atoms with E-state index in [2.05, 4.69) is 19.9 Å². The summed E-state index contributed by atoms with van der Waals surface area (Å²) in [6, 6.07) is 4.09. The minimum absolute atomic E-state index is 0.0355. The van der Waals surface area contributed by atoms with Gasteiger partial charge in [-0.15, -0.1) is 0 Å². The summed E-state index contributed by atoms with van der Waals surface area (Å²) in [7, 11) is 0. The molecule has 0 amide bonds. The third-order valence-electron chi connectivity index (χ3n) is 6.30. The van der Waals surface area contributed by atoms with Gasteiger partial charge in [0.25, 0.3) is 0 Å². The van der Waals surface area contributed by atoms with E-state index in [0.29, 0.717) is 29.5 Å². The highest BCUT2D eigenvalue weighted by atomic mass is 16.5. The second-order valence-corrected chi connectivity index (χ2v) is 9.93. The Hall–Kier alpha value is -3.67. The number of phenols is 4. The third kappa shape index (κ3) is 6.30. The molecule has 0 aliphatic carbocycles. The summed E-state index contributed by atoms with van der Waals surface area (Å²) in [6.07, 6.45) is 7.84. The number of phenolic OH excluding ortho intramolecular Hbond substituents is 4. The van der Waals surface area contributed by atoms with Crippen LogP contribution in [-0.2, 0) is 12.8 Å². The Morgan fingerprint density at radius 1 is 0.861 bits per heavy atom. The number of allylic oxidation sites excluding steroid dienone is 6. The zero-order valence-corrected chi connectivity index (χ0v) is 21.7. The SMILES string of the molecule is CC(C)=CCCC(C)=CCc1cc(C2CC(=O)c3c(O)cc(O)c(CC=C(C)C)c3O2)c(O)cc1O. The summed E-state index contributed by atoms with van der Waals surface area (Å²) in [5.41, 5.74) is 4.90. The molecule has 192 valence electrons. The number of ketones is 1. The van der Waals surface area contributed by atoms with Crippen molar-refractivity contribution in [3.8, 4) is 28.7 Å². The fourth-order valence-electron chi connectivity index (χ4n) is 4.24. The zero-order valence-electron chi connectivity index (χ0n) is 21.7. The average molecular weight is 493 g/mol. The Labute approximate surface area is 212 Å². The number of Topliss-reactive ketones (excluding diaryl/α,β-unsaturated/α-hetero) is 1. The van der Waals surface area contributed by atoms with Crippen LogP contribution in [0.3, 0.4) is 0 Å². The first-order chi connectivity index (χ1) is 17.0. The maximum atomic E-state index is 13.0. The molecular weight excluding hydrogens is 456 g/mol. The van der Waals surface area contributed by atoms with E-state index in [1.807, 2.05) is 32.9 Å². The molecule has 1 atom stereocenters. The number of carbonyl (C=O) groups is 1. The van der Waals surface area contributed by atoms with Crippen LogP contribution in [0.5, 0.6) is 28.7 Å². The zero-order chi connectivity index (χ0) is 26.6. The molecule has 0 saturated heterocycles. The van der Waals surface area contributed by atoms with Gasteiger partial charge in [-0.25, -0.2) is 0 Å². The molecule has 36 heavy (non-hydrogen) atoms. The molecule has 0 fully saturated rings. The molecule has 0 radical (unpaired) electrons. The number of ether oxygens (including phenoxy) is 1. The number of rotatable bonds is 8. The lowest BCUT2D eigenvalue weighted by atomic mass is 9.91. The Kier molecular flexibility index (Phi) is 8.51. The molecule has 2 aromatic rings. The van der Waals surface area contributed by atoms with Gasteiger partial charge in [0, 0.05) is 23.3 Å². The first-order valence-corrected chi connectivity index (χ1v) is 12.2. The molecule has 1 heterocycles. The van der Waals surface area contributed by atoms with Gasteiger partial charge < -0.3 is 25.2 Å². The van der Waals surface area contributed by atoms with Crippen LogP contribution >= 0.6 is 0 Å². The lowest BCUT2D eigenvalue weighted by Gasteiger charge is -2.29. The standard InChI is InChI=1S/C30H36O6/c1-17(2)7-6-8-19(5)10-11-20-13-22(25(33)14-23(20)31)28-16-27(35)29-26(34)15-24(32)21(30(29)36-28)12-9-18(3)4/h7,9-10,13-15,28,31-34H,6,8,11-12,16H2,1-5H3. The van der Waals surface area contributed by atoms with E-state index in [-0.39, 0.29) is 46.5 Å². The topological polar surface area (TPSA) is 107 Å². The van der Waals surface area contributed by atoms with E-state index in [0.717, 1.165) is 24.5 Å². The van der Waals surface area contributed by atoms with Crippen molar-refractivity contribution in [3.63, 3.8) is 0 Å². The van der Waals surface area contributed by atoms with E-state index in [4.69, 9.17) is 4.74 Å². The number of fused-ring (bicyclic) bond motifs is 1. The van der Waals surface area contributed by atoms with Crippen molar-refractivity contribution in [2.24, 2.45) is 0 Å². The highest BCUT2D eigenvalue weighted by molar-refractivity contribution is 6.03. The van der Waals surface area contributed by atoms with Gasteiger partial charge in [-0.2, -0.15) is 0 Å². The van der Waals surface area contributed by atoms with Crippen molar-refractivity contribution in [1.82, 2.24) is 0 Å². The largest absolute Gasteiger partial charge is 0.508 e. The van der Waals surface area contributed by atoms with Gasteiger partial charge in [-0.3, -0.25) is 4.79 Å². The summed E-state index contributed by atoms with van der Waals surface area (Å²) >= 11 is 0. The van der Waals surface area contributed by atoms with Crippen molar-refractivity contribution in [2.45, 2.75) is 72.8 Å². The van der Waals surface area contributed by atoms with Gasteiger partial charge in [0.2, 0.25) is 0 Å². The Morgan fingerprint density at radius 2 is 1.53 bits per heavy atom. The molecule has 0 bridgehead atoms. The number of hydrogen-bond donors (Lipinski definition) is 4. The summed E-state index contributed by atoms with van der Waals surface area (Å²) < 4.78 is 6.16. The van der Waals surface area contributed by atoms with Crippen LogP contribution in [0.1, 0.15) is 87.0 Å². The van der Waals surface area contributed by atoms with Gasteiger partial charge in [0.15, 0.2) is 5.78 Å². The third-order valence-corrected chi connectivity index (χ3v) is 6.30. The van der Waals surface area contributed by atoms with Crippen LogP contribution in [0.15, 0.2) is 53.1 Å². The number of carbonyl (C=O) groups excluding carboxylic acids is 1. The molecule has 0 saturated carbocycles. The monoisotopic (exact) mass is 492 g/mol. The van der Waals surface area contributed by atoms with E-state index >= 15 is 0 Å². The Balaban J connectivity index is 1.94. The minimum Gasteiger partial charge on any atom is -0.508 e. The van der Waals surface area contributed by atoms with Crippen molar-refractivity contribution >= 4 is 5.78 Å². The maximum absolute atomic E-state index is 13.0.